The molecule has 0 saturated carbocycles. The molecule has 0 radical (unpaired) electrons. The highest BCUT2D eigenvalue weighted by molar-refractivity contribution is 7.89. The van der Waals surface area contributed by atoms with Gasteiger partial charge in [0.2, 0.25) is 15.9 Å². The number of piperidine rings is 1. The van der Waals surface area contributed by atoms with Gasteiger partial charge in [-0.3, -0.25) is 4.79 Å². The molecule has 8 heteroatoms. The third kappa shape index (κ3) is 4.79. The third-order valence-corrected chi connectivity index (χ3v) is 6.35. The number of aromatic carboxylic acids is 1. The van der Waals surface area contributed by atoms with Gasteiger partial charge in [0.05, 0.1) is 10.5 Å². The SMILES string of the molecule is CC(=O)NCCC1CCCN(S(=O)(=O)c2ccc(C)c(C(=O)O)c2)C1. The number of sulfonamides is 1. The molecular formula is C17H24N2O5S. The van der Waals surface area contributed by atoms with Gasteiger partial charge in [0.15, 0.2) is 0 Å². The van der Waals surface area contributed by atoms with Crippen molar-refractivity contribution in [3.05, 3.63) is 29.3 Å². The van der Waals surface area contributed by atoms with Gasteiger partial charge in [-0.25, -0.2) is 13.2 Å². The third-order valence-electron chi connectivity index (χ3n) is 4.49. The zero-order valence-corrected chi connectivity index (χ0v) is 15.3. The fourth-order valence-corrected chi connectivity index (χ4v) is 4.66. The number of carboxylic acid groups (broad SMARTS) is 1. The predicted molar refractivity (Wildman–Crippen MR) is 92.9 cm³/mol. The minimum absolute atomic E-state index is 0.000271. The monoisotopic (exact) mass is 368 g/mol. The summed E-state index contributed by atoms with van der Waals surface area (Å²) in [7, 11) is -3.73. The normalized spacial score (nSPS) is 18.7. The van der Waals surface area contributed by atoms with Crippen LogP contribution in [-0.2, 0) is 14.8 Å². The fraction of sp³-hybridized carbons (Fsp3) is 0.529. The van der Waals surface area contributed by atoms with E-state index in [0.29, 0.717) is 25.2 Å². The first-order valence-electron chi connectivity index (χ1n) is 8.30. The molecule has 1 unspecified atom stereocenters. The van der Waals surface area contributed by atoms with Gasteiger partial charge in [0, 0.05) is 26.6 Å². The Morgan fingerprint density at radius 2 is 2.08 bits per heavy atom. The minimum atomic E-state index is -3.73. The Bertz CT molecular complexity index is 760. The number of hydrogen-bond donors (Lipinski definition) is 2. The van der Waals surface area contributed by atoms with Gasteiger partial charge in [-0.15, -0.1) is 0 Å². The van der Waals surface area contributed by atoms with Crippen LogP contribution in [0.3, 0.4) is 0 Å². The lowest BCUT2D eigenvalue weighted by atomic mass is 9.96. The molecule has 1 saturated heterocycles. The van der Waals surface area contributed by atoms with Crippen LogP contribution in [0.2, 0.25) is 0 Å². The van der Waals surface area contributed by atoms with Crippen LogP contribution in [0.25, 0.3) is 0 Å². The van der Waals surface area contributed by atoms with Gasteiger partial charge < -0.3 is 10.4 Å². The topological polar surface area (TPSA) is 104 Å². The van der Waals surface area contributed by atoms with E-state index in [0.717, 1.165) is 19.3 Å². The number of nitrogens with zero attached hydrogens (tertiary/aromatic N) is 1. The van der Waals surface area contributed by atoms with Crippen molar-refractivity contribution in [2.75, 3.05) is 19.6 Å². The summed E-state index contributed by atoms with van der Waals surface area (Å²) in [4.78, 5) is 22.2. The molecule has 1 aliphatic heterocycles. The second-order valence-electron chi connectivity index (χ2n) is 6.42. The molecule has 1 aromatic carbocycles. The van der Waals surface area contributed by atoms with Gasteiger partial charge in [0.25, 0.3) is 0 Å². The van der Waals surface area contributed by atoms with Crippen molar-refractivity contribution in [3.8, 4) is 0 Å². The lowest BCUT2D eigenvalue weighted by molar-refractivity contribution is -0.119. The molecule has 1 aliphatic rings. The lowest BCUT2D eigenvalue weighted by Gasteiger charge is -2.32. The Morgan fingerprint density at radius 3 is 2.72 bits per heavy atom. The van der Waals surface area contributed by atoms with Crippen LogP contribution in [0.5, 0.6) is 0 Å². The first-order chi connectivity index (χ1) is 11.7. The Hall–Kier alpha value is -1.93. The van der Waals surface area contributed by atoms with Crippen LogP contribution in [-0.4, -0.2) is 49.3 Å². The average molecular weight is 368 g/mol. The molecule has 0 spiro atoms. The maximum atomic E-state index is 12.9. The molecule has 1 amide bonds. The molecular weight excluding hydrogens is 344 g/mol. The molecule has 25 heavy (non-hydrogen) atoms. The molecule has 1 heterocycles. The molecule has 1 aromatic rings. The first-order valence-corrected chi connectivity index (χ1v) is 9.74. The first kappa shape index (κ1) is 19.4. The van der Waals surface area contributed by atoms with Crippen molar-refractivity contribution in [2.45, 2.75) is 38.0 Å². The standard InChI is InChI=1S/C17H24N2O5S/c1-12-5-6-15(10-16(12)17(21)22)25(23,24)19-9-3-4-14(11-19)7-8-18-13(2)20/h5-6,10,14H,3-4,7-9,11H2,1-2H3,(H,18,20)(H,21,22). The number of aryl methyl sites for hydroxylation is 1. The molecule has 0 bridgehead atoms. The maximum absolute atomic E-state index is 12.9. The van der Waals surface area contributed by atoms with Gasteiger partial charge >= 0.3 is 5.97 Å². The Morgan fingerprint density at radius 1 is 1.36 bits per heavy atom. The summed E-state index contributed by atoms with van der Waals surface area (Å²) in [6, 6.07) is 4.21. The lowest BCUT2D eigenvalue weighted by Crippen LogP contribution is -2.40. The minimum Gasteiger partial charge on any atom is -0.478 e. The summed E-state index contributed by atoms with van der Waals surface area (Å²) < 4.78 is 27.2. The van der Waals surface area contributed by atoms with E-state index in [1.54, 1.807) is 6.92 Å². The molecule has 7 nitrogen and oxygen atoms in total. The summed E-state index contributed by atoms with van der Waals surface area (Å²) in [6.07, 6.45) is 2.39. The summed E-state index contributed by atoms with van der Waals surface area (Å²) >= 11 is 0. The molecule has 138 valence electrons. The quantitative estimate of drug-likeness (QED) is 0.794. The smallest absolute Gasteiger partial charge is 0.335 e. The molecule has 0 aliphatic carbocycles. The number of carboxylic acids is 1. The molecule has 1 fully saturated rings. The van der Waals surface area contributed by atoms with Crippen molar-refractivity contribution in [1.29, 1.82) is 0 Å². The molecule has 1 atom stereocenters. The summed E-state index contributed by atoms with van der Waals surface area (Å²) in [5.74, 6) is -1.05. The molecule has 0 aromatic heterocycles. The van der Waals surface area contributed by atoms with E-state index in [9.17, 15) is 23.1 Å². The van der Waals surface area contributed by atoms with Crippen LogP contribution in [0.4, 0.5) is 0 Å². The van der Waals surface area contributed by atoms with Crippen molar-refractivity contribution in [3.63, 3.8) is 0 Å². The summed E-state index contributed by atoms with van der Waals surface area (Å²) in [5, 5.41) is 11.9. The van der Waals surface area contributed by atoms with E-state index in [1.165, 1.54) is 29.4 Å². The number of carbonyl (C=O) groups excluding carboxylic acids is 1. The van der Waals surface area contributed by atoms with E-state index < -0.39 is 16.0 Å². The van der Waals surface area contributed by atoms with Crippen LogP contribution >= 0.6 is 0 Å². The number of hydrogen-bond acceptors (Lipinski definition) is 4. The largest absolute Gasteiger partial charge is 0.478 e. The van der Waals surface area contributed by atoms with Crippen molar-refractivity contribution >= 4 is 21.9 Å². The van der Waals surface area contributed by atoms with Crippen LogP contribution in [0, 0.1) is 12.8 Å². The van der Waals surface area contributed by atoms with E-state index in [-0.39, 0.29) is 22.3 Å². The maximum Gasteiger partial charge on any atom is 0.335 e. The zero-order chi connectivity index (χ0) is 18.6. The summed E-state index contributed by atoms with van der Waals surface area (Å²) in [5.41, 5.74) is 0.526. The highest BCUT2D eigenvalue weighted by Crippen LogP contribution is 2.26. The number of rotatable bonds is 6. The van der Waals surface area contributed by atoms with Gasteiger partial charge in [-0.1, -0.05) is 6.07 Å². The van der Waals surface area contributed by atoms with Crippen LogP contribution in [0.1, 0.15) is 42.1 Å². The second kappa shape index (κ2) is 7.97. The predicted octanol–water partition coefficient (Wildman–Crippen LogP) is 1.62. The van der Waals surface area contributed by atoms with Gasteiger partial charge in [-0.05, 0) is 49.8 Å². The highest BCUT2D eigenvalue weighted by atomic mass is 32.2. The van der Waals surface area contributed by atoms with Crippen LogP contribution < -0.4 is 5.32 Å². The van der Waals surface area contributed by atoms with Crippen molar-refractivity contribution in [2.24, 2.45) is 5.92 Å². The Labute approximate surface area is 148 Å². The van der Waals surface area contributed by atoms with Crippen LogP contribution in [0.15, 0.2) is 23.1 Å². The van der Waals surface area contributed by atoms with Crippen molar-refractivity contribution in [1.82, 2.24) is 9.62 Å². The zero-order valence-electron chi connectivity index (χ0n) is 14.5. The van der Waals surface area contributed by atoms with E-state index in [1.807, 2.05) is 0 Å². The van der Waals surface area contributed by atoms with Gasteiger partial charge in [0.1, 0.15) is 0 Å². The number of carbonyl (C=O) groups is 2. The van der Waals surface area contributed by atoms with E-state index in [4.69, 9.17) is 0 Å². The molecule has 2 N–H and O–H groups in total. The number of benzene rings is 1. The van der Waals surface area contributed by atoms with E-state index in [2.05, 4.69) is 5.32 Å². The van der Waals surface area contributed by atoms with E-state index >= 15 is 0 Å². The van der Waals surface area contributed by atoms with Crippen molar-refractivity contribution < 1.29 is 23.1 Å². The Balaban J connectivity index is 2.14. The second-order valence-corrected chi connectivity index (χ2v) is 8.36. The Kier molecular flexibility index (Phi) is 6.18. The number of nitrogens with one attached hydrogen (secondary N) is 1. The molecule has 2 rings (SSSR count). The summed E-state index contributed by atoms with van der Waals surface area (Å²) in [6.45, 7) is 4.43. The number of amides is 1. The fourth-order valence-electron chi connectivity index (χ4n) is 3.07. The van der Waals surface area contributed by atoms with Gasteiger partial charge in [-0.2, -0.15) is 4.31 Å². The average Bonchev–Trinajstić information content (AvgIpc) is 2.54. The highest BCUT2D eigenvalue weighted by Gasteiger charge is 2.30.